The van der Waals surface area contributed by atoms with Gasteiger partial charge in [-0.15, -0.1) is 12.4 Å². The SMILES string of the molecule is Cl.O.O=C([O-])CCCCCCCN=CN1CCC(C(c2ccccc2)c2ccccc2)CC1.O=C([O-])CCCCCCCN=CN1CCC(C(c2ccccc2)c2ccccc2)CC1.[Zn+2]. The summed E-state index contributed by atoms with van der Waals surface area (Å²) in [7, 11) is 0. The molecule has 0 radical (unpaired) electrons. The Kier molecular flexibility index (Phi) is 29.7. The van der Waals surface area contributed by atoms with Gasteiger partial charge >= 0.3 is 19.5 Å². The molecular formula is C54H73ClN4O5Zn. The predicted octanol–water partition coefficient (Wildman–Crippen LogP) is 8.89. The Labute approximate surface area is 408 Å². The minimum atomic E-state index is -0.938. The number of likely N-dealkylation sites (tertiary alicyclic amines) is 2. The fourth-order valence-corrected chi connectivity index (χ4v) is 9.20. The molecule has 0 aliphatic carbocycles. The van der Waals surface area contributed by atoms with Gasteiger partial charge in [-0.2, -0.15) is 0 Å². The Balaban J connectivity index is 0.000000427. The Morgan fingerprint density at radius 1 is 0.477 bits per heavy atom. The van der Waals surface area contributed by atoms with Gasteiger partial charge in [0.1, 0.15) is 0 Å². The number of carboxylic acids is 2. The van der Waals surface area contributed by atoms with Crippen molar-refractivity contribution in [3.63, 3.8) is 0 Å². The molecule has 4 aromatic carbocycles. The van der Waals surface area contributed by atoms with E-state index in [1.165, 1.54) is 47.9 Å². The van der Waals surface area contributed by atoms with Crippen LogP contribution in [-0.2, 0) is 29.1 Å². The number of benzene rings is 4. The minimum Gasteiger partial charge on any atom is -0.550 e. The van der Waals surface area contributed by atoms with Crippen LogP contribution in [0.2, 0.25) is 0 Å². The molecule has 348 valence electrons. The summed E-state index contributed by atoms with van der Waals surface area (Å²) in [5.41, 5.74) is 5.67. The number of hydrogen-bond acceptors (Lipinski definition) is 6. The van der Waals surface area contributed by atoms with Crippen molar-refractivity contribution in [2.24, 2.45) is 21.8 Å². The summed E-state index contributed by atoms with van der Waals surface area (Å²) < 4.78 is 0. The quantitative estimate of drug-likeness (QED) is 0.0297. The molecule has 2 N–H and O–H groups in total. The Morgan fingerprint density at radius 2 is 0.738 bits per heavy atom. The smallest absolute Gasteiger partial charge is 0.550 e. The molecule has 2 fully saturated rings. The Bertz CT molecular complexity index is 1640. The first kappa shape index (κ1) is 56.8. The number of carbonyl (C=O) groups is 2. The van der Waals surface area contributed by atoms with E-state index in [1.807, 2.05) is 12.7 Å². The van der Waals surface area contributed by atoms with E-state index in [0.29, 0.717) is 23.7 Å². The molecule has 0 saturated carbocycles. The number of unbranched alkanes of at least 4 members (excludes halogenated alkanes) is 8. The van der Waals surface area contributed by atoms with Gasteiger partial charge in [-0.1, -0.05) is 160 Å². The van der Waals surface area contributed by atoms with Crippen molar-refractivity contribution in [1.82, 2.24) is 9.80 Å². The number of aliphatic carboxylic acids is 2. The van der Waals surface area contributed by atoms with Gasteiger partial charge in [0, 0.05) is 63.0 Å². The van der Waals surface area contributed by atoms with Gasteiger partial charge < -0.3 is 35.1 Å². The van der Waals surface area contributed by atoms with E-state index in [1.54, 1.807) is 0 Å². The molecule has 0 bridgehead atoms. The molecule has 0 aromatic heterocycles. The van der Waals surface area contributed by atoms with Crippen LogP contribution in [0.15, 0.2) is 131 Å². The maximum atomic E-state index is 10.4. The number of nitrogens with zero attached hydrogens (tertiary/aromatic N) is 4. The number of halogens is 1. The van der Waals surface area contributed by atoms with Crippen LogP contribution >= 0.6 is 12.4 Å². The number of aliphatic imine (C=N–C) groups is 2. The number of carboxylic acid groups (broad SMARTS) is 2. The van der Waals surface area contributed by atoms with Gasteiger partial charge in [0.25, 0.3) is 0 Å². The third kappa shape index (κ3) is 21.7. The number of rotatable bonds is 24. The second-order valence-corrected chi connectivity index (χ2v) is 17.2. The number of hydrogen-bond donors (Lipinski definition) is 0. The molecule has 0 amide bonds. The molecule has 2 saturated heterocycles. The van der Waals surface area contributed by atoms with Crippen LogP contribution in [0.4, 0.5) is 0 Å². The maximum absolute atomic E-state index is 10.4. The van der Waals surface area contributed by atoms with Crippen molar-refractivity contribution in [3.8, 4) is 0 Å². The monoisotopic (exact) mass is 956 g/mol. The molecule has 65 heavy (non-hydrogen) atoms. The van der Waals surface area contributed by atoms with Crippen LogP contribution in [0.1, 0.15) is 137 Å². The fraction of sp³-hybridized carbons (Fsp3) is 0.481. The first-order valence-corrected chi connectivity index (χ1v) is 23.6. The van der Waals surface area contributed by atoms with Gasteiger partial charge in [-0.05, 0) is 98.3 Å². The van der Waals surface area contributed by atoms with E-state index in [2.05, 4.69) is 141 Å². The van der Waals surface area contributed by atoms with E-state index < -0.39 is 11.9 Å². The van der Waals surface area contributed by atoms with Crippen LogP contribution in [0.3, 0.4) is 0 Å². The molecule has 4 aromatic rings. The average Bonchev–Trinajstić information content (AvgIpc) is 3.30. The molecular weight excluding hydrogens is 885 g/mol. The average molecular weight is 959 g/mol. The zero-order valence-corrected chi connectivity index (χ0v) is 42.4. The summed E-state index contributed by atoms with van der Waals surface area (Å²) in [5.74, 6) is 0.335. The number of piperidine rings is 2. The summed E-state index contributed by atoms with van der Waals surface area (Å²) >= 11 is 0. The fourth-order valence-electron chi connectivity index (χ4n) is 9.20. The standard InChI is InChI=1S/2C27H36N2O2.ClH.H2O.Zn/c2*30-26(31)16-10-2-1-3-11-19-28-22-29-20-17-25(18-21-29)27(23-12-6-4-7-13-23)24-14-8-5-9-15-24;;;/h2*4-9,12-15,22,25,27H,1-3,10-11,16-21H2,(H,30,31);1H;1H2;/q;;;;+2/p-2. The molecule has 9 nitrogen and oxygen atoms in total. The third-order valence-electron chi connectivity index (χ3n) is 12.6. The van der Waals surface area contributed by atoms with Gasteiger partial charge in [0.05, 0.1) is 12.7 Å². The van der Waals surface area contributed by atoms with E-state index in [4.69, 9.17) is 0 Å². The van der Waals surface area contributed by atoms with Gasteiger partial charge in [0.15, 0.2) is 0 Å². The maximum Gasteiger partial charge on any atom is 2.00 e. The van der Waals surface area contributed by atoms with Crippen molar-refractivity contribution in [2.45, 2.75) is 115 Å². The Hall–Kier alpha value is -4.37. The first-order chi connectivity index (χ1) is 30.5. The Morgan fingerprint density at radius 3 is 1.02 bits per heavy atom. The summed E-state index contributed by atoms with van der Waals surface area (Å²) in [4.78, 5) is 34.8. The largest absolute Gasteiger partial charge is 2.00 e. The molecule has 2 heterocycles. The molecule has 0 atom stereocenters. The molecule has 0 unspecified atom stereocenters. The van der Waals surface area contributed by atoms with Gasteiger partial charge in [-0.25, -0.2) is 0 Å². The van der Waals surface area contributed by atoms with Crippen LogP contribution in [-0.4, -0.2) is 79.2 Å². The summed E-state index contributed by atoms with van der Waals surface area (Å²) in [5, 5.41) is 20.8. The van der Waals surface area contributed by atoms with Crippen LogP contribution in [0.5, 0.6) is 0 Å². The van der Waals surface area contributed by atoms with E-state index >= 15 is 0 Å². The third-order valence-corrected chi connectivity index (χ3v) is 12.6. The van der Waals surface area contributed by atoms with Crippen molar-refractivity contribution in [1.29, 1.82) is 0 Å². The van der Waals surface area contributed by atoms with Crippen LogP contribution < -0.4 is 10.2 Å². The van der Waals surface area contributed by atoms with E-state index in [0.717, 1.165) is 103 Å². The summed E-state index contributed by atoms with van der Waals surface area (Å²) in [6.07, 6.45) is 19.1. The summed E-state index contributed by atoms with van der Waals surface area (Å²) in [6, 6.07) is 43.7. The zero-order valence-electron chi connectivity index (χ0n) is 38.6. The van der Waals surface area contributed by atoms with Gasteiger partial charge in [0.2, 0.25) is 0 Å². The second-order valence-electron chi connectivity index (χ2n) is 17.2. The van der Waals surface area contributed by atoms with Crippen molar-refractivity contribution in [3.05, 3.63) is 144 Å². The van der Waals surface area contributed by atoms with Crippen LogP contribution in [0.25, 0.3) is 0 Å². The minimum absolute atomic E-state index is 0. The second kappa shape index (κ2) is 34.0. The molecule has 11 heteroatoms. The first-order valence-electron chi connectivity index (χ1n) is 23.6. The molecule has 6 rings (SSSR count). The van der Waals surface area contributed by atoms with E-state index in [-0.39, 0.29) is 50.2 Å². The molecule has 2 aliphatic rings. The number of carbonyl (C=O) groups excluding carboxylic acids is 2. The summed E-state index contributed by atoms with van der Waals surface area (Å²) in [6.45, 7) is 5.97. The van der Waals surface area contributed by atoms with Gasteiger partial charge in [-0.3, -0.25) is 9.98 Å². The molecule has 0 spiro atoms. The van der Waals surface area contributed by atoms with Crippen LogP contribution in [0, 0.1) is 11.8 Å². The topological polar surface area (TPSA) is 143 Å². The normalized spacial score (nSPS) is 14.4. The molecule has 2 aliphatic heterocycles. The van der Waals surface area contributed by atoms with E-state index in [9.17, 15) is 19.8 Å². The van der Waals surface area contributed by atoms with Crippen molar-refractivity contribution in [2.75, 3.05) is 39.3 Å². The van der Waals surface area contributed by atoms with Crippen molar-refractivity contribution >= 4 is 37.0 Å². The zero-order chi connectivity index (χ0) is 43.5. The van der Waals surface area contributed by atoms with Crippen molar-refractivity contribution < 1.29 is 44.8 Å². The predicted molar refractivity (Wildman–Crippen MR) is 261 cm³/mol.